The minimum Gasteiger partial charge on any atom is -0.233 e. The van der Waals surface area contributed by atoms with Gasteiger partial charge in [-0.1, -0.05) is 35.2 Å². The van der Waals surface area contributed by atoms with Gasteiger partial charge in [-0.05, 0) is 5.33 Å². The third kappa shape index (κ3) is 6.80. The van der Waals surface area contributed by atoms with Gasteiger partial charge in [0.05, 0.1) is 0 Å². The van der Waals surface area contributed by atoms with Gasteiger partial charge in [-0.2, -0.15) is 0 Å². The van der Waals surface area contributed by atoms with Crippen LogP contribution in [0.25, 0.3) is 0 Å². The topological polar surface area (TPSA) is 0 Å². The first kappa shape index (κ1) is 13.3. The molecular weight excluding hydrogens is 183 g/mol. The zero-order valence-corrected chi connectivity index (χ0v) is 8.90. The van der Waals surface area contributed by atoms with E-state index in [0.29, 0.717) is 5.41 Å². The Morgan fingerprint density at radius 1 is 1.50 bits per heavy atom. The molecule has 0 saturated heterocycles. The molecule has 0 amide bonds. The minimum absolute atomic E-state index is 0. The number of hydrogen-bond donors (Lipinski definition) is 0. The molecule has 0 unspecified atom stereocenters. The molecule has 0 bridgehead atoms. The van der Waals surface area contributed by atoms with Gasteiger partial charge in [0.25, 0.3) is 0 Å². The summed E-state index contributed by atoms with van der Waals surface area (Å²) in [7, 11) is 0. The summed E-state index contributed by atoms with van der Waals surface area (Å²) in [5, 5.41) is 1.02. The van der Waals surface area contributed by atoms with Crippen molar-refractivity contribution in [2.45, 2.75) is 20.8 Å². The van der Waals surface area contributed by atoms with Crippen molar-refractivity contribution in [3.63, 3.8) is 0 Å². The molecule has 0 aromatic rings. The summed E-state index contributed by atoms with van der Waals surface area (Å²) < 4.78 is 0. The van der Waals surface area contributed by atoms with E-state index in [4.69, 9.17) is 0 Å². The Balaban J connectivity index is 0. The second-order valence-electron chi connectivity index (χ2n) is 2.81. The zero-order chi connectivity index (χ0) is 7.33. The van der Waals surface area contributed by atoms with Crippen LogP contribution in [-0.4, -0.2) is 5.33 Å². The summed E-state index contributed by atoms with van der Waals surface area (Å²) in [6, 6.07) is 0. The van der Waals surface area contributed by atoms with Crippen molar-refractivity contribution in [1.29, 1.82) is 0 Å². The van der Waals surface area contributed by atoms with E-state index >= 15 is 0 Å². The van der Waals surface area contributed by atoms with Crippen LogP contribution < -0.4 is 18.9 Å². The van der Waals surface area contributed by atoms with Gasteiger partial charge in [-0.25, -0.2) is 18.6 Å². The second kappa shape index (κ2) is 6.40. The normalized spacial score (nSPS) is 11.2. The summed E-state index contributed by atoms with van der Waals surface area (Å²) in [5.41, 5.74) is 0.298. The zero-order valence-electron chi connectivity index (χ0n) is 7.32. The molecule has 0 aliphatic heterocycles. The van der Waals surface area contributed by atoms with Crippen LogP contribution in [0.2, 0.25) is 0 Å². The smallest absolute Gasteiger partial charge is 0.233 e. The van der Waals surface area contributed by atoms with E-state index in [1.807, 2.05) is 13.0 Å². The van der Waals surface area contributed by atoms with Gasteiger partial charge in [-0.15, -0.1) is 6.92 Å². The molecule has 54 valence electrons. The van der Waals surface area contributed by atoms with Gasteiger partial charge < -0.3 is 0 Å². The molecule has 0 saturated carbocycles. The quantitative estimate of drug-likeness (QED) is 0.344. The first-order valence-corrected chi connectivity index (χ1v) is 4.27. The molecule has 0 N–H and O–H groups in total. The number of alkyl halides is 1. The summed E-state index contributed by atoms with van der Waals surface area (Å²) in [6.45, 7) is 6.42. The first-order valence-electron chi connectivity index (χ1n) is 3.15. The van der Waals surface area contributed by atoms with Crippen molar-refractivity contribution >= 4 is 15.9 Å². The van der Waals surface area contributed by atoms with Crippen molar-refractivity contribution in [2.75, 3.05) is 5.33 Å². The Kier molecular flexibility index (Phi) is 8.51. The Labute approximate surface area is 84.8 Å². The Morgan fingerprint density at radius 2 is 2.00 bits per heavy atom. The Morgan fingerprint density at radius 3 is 2.30 bits per heavy atom. The van der Waals surface area contributed by atoms with Crippen molar-refractivity contribution in [1.82, 2.24) is 0 Å². The monoisotopic (exact) mass is 196 g/mol. The van der Waals surface area contributed by atoms with Gasteiger partial charge >= 0.3 is 18.9 Å². The molecule has 0 nitrogen and oxygen atoms in total. The summed E-state index contributed by atoms with van der Waals surface area (Å²) in [5.74, 6) is 0. The molecule has 0 aliphatic rings. The van der Waals surface area contributed by atoms with Gasteiger partial charge in [0.2, 0.25) is 0 Å². The fraction of sp³-hybridized carbons (Fsp3) is 0.625. The molecule has 0 aliphatic carbocycles. The van der Waals surface area contributed by atoms with E-state index < -0.39 is 0 Å². The van der Waals surface area contributed by atoms with Crippen LogP contribution in [0.1, 0.15) is 20.8 Å². The molecule has 0 spiro atoms. The number of hydrogen-bond acceptors (Lipinski definition) is 0. The van der Waals surface area contributed by atoms with Gasteiger partial charge in [0, 0.05) is 0 Å². The van der Waals surface area contributed by atoms with Crippen LogP contribution in [0.15, 0.2) is 12.2 Å². The van der Waals surface area contributed by atoms with Crippen molar-refractivity contribution < 1.29 is 18.9 Å². The minimum atomic E-state index is 0. The van der Waals surface area contributed by atoms with Crippen LogP contribution in [0.4, 0.5) is 0 Å². The Bertz CT molecular complexity index is 97.4. The van der Waals surface area contributed by atoms with Gasteiger partial charge in [0.1, 0.15) is 0 Å². The van der Waals surface area contributed by atoms with Crippen LogP contribution in [0.3, 0.4) is 0 Å². The molecule has 0 heterocycles. The number of rotatable bonds is 3. The van der Waals surface area contributed by atoms with Gasteiger partial charge in [0.15, 0.2) is 0 Å². The molecule has 0 aromatic heterocycles. The standard InChI is InChI=1S/C8H14Br.Li/c1-4-5-6-8(2,3)7-9;/h4-6H,7H2,1-3H3;/q-1;+1/b5-4+;. The average molecular weight is 197 g/mol. The molecule has 0 aromatic carbocycles. The maximum atomic E-state index is 3.44. The van der Waals surface area contributed by atoms with E-state index in [2.05, 4.69) is 42.3 Å². The third-order valence-corrected chi connectivity index (χ3v) is 2.53. The molecule has 0 radical (unpaired) electrons. The summed E-state index contributed by atoms with van der Waals surface area (Å²) in [4.78, 5) is 0. The summed E-state index contributed by atoms with van der Waals surface area (Å²) >= 11 is 3.44. The fourth-order valence-corrected chi connectivity index (χ4v) is 0.588. The average Bonchev–Trinajstić information content (AvgIpc) is 1.84. The number of allylic oxidation sites excluding steroid dienone is 2. The fourth-order valence-electron chi connectivity index (χ4n) is 0.401. The summed E-state index contributed by atoms with van der Waals surface area (Å²) in [6.07, 6.45) is 6.33. The molecule has 0 fully saturated rings. The SMILES string of the molecule is C/C=C/[CH-]C(C)(C)CBr.[Li+]. The molecular formula is C8H14BrLi. The van der Waals surface area contributed by atoms with Crippen LogP contribution >= 0.6 is 15.9 Å². The first-order chi connectivity index (χ1) is 4.12. The van der Waals surface area contributed by atoms with Crippen molar-refractivity contribution in [3.8, 4) is 0 Å². The molecule has 10 heavy (non-hydrogen) atoms. The van der Waals surface area contributed by atoms with E-state index in [1.165, 1.54) is 0 Å². The maximum Gasteiger partial charge on any atom is 1.00 e. The van der Waals surface area contributed by atoms with Crippen LogP contribution in [0, 0.1) is 11.8 Å². The van der Waals surface area contributed by atoms with Crippen LogP contribution in [0.5, 0.6) is 0 Å². The predicted octanol–water partition coefficient (Wildman–Crippen LogP) is 0.192. The second-order valence-corrected chi connectivity index (χ2v) is 3.38. The van der Waals surface area contributed by atoms with E-state index in [9.17, 15) is 0 Å². The number of halogens is 1. The predicted molar refractivity (Wildman–Crippen MR) is 46.7 cm³/mol. The van der Waals surface area contributed by atoms with Crippen LogP contribution in [-0.2, 0) is 0 Å². The molecule has 0 rings (SSSR count). The third-order valence-electron chi connectivity index (χ3n) is 1.08. The Hall–Kier alpha value is 0.687. The van der Waals surface area contributed by atoms with Gasteiger partial charge in [-0.3, -0.25) is 0 Å². The molecule has 0 atom stereocenters. The van der Waals surface area contributed by atoms with Crippen molar-refractivity contribution in [2.24, 2.45) is 5.41 Å². The van der Waals surface area contributed by atoms with E-state index in [0.717, 1.165) is 5.33 Å². The largest absolute Gasteiger partial charge is 1.00 e. The maximum absolute atomic E-state index is 3.44. The molecule has 2 heteroatoms. The van der Waals surface area contributed by atoms with E-state index in [1.54, 1.807) is 0 Å². The van der Waals surface area contributed by atoms with Crippen molar-refractivity contribution in [3.05, 3.63) is 18.6 Å². The van der Waals surface area contributed by atoms with E-state index in [-0.39, 0.29) is 18.9 Å².